The van der Waals surface area contributed by atoms with Gasteiger partial charge in [-0.2, -0.15) is 15.3 Å². The van der Waals surface area contributed by atoms with Crippen LogP contribution in [0.4, 0.5) is 5.88 Å². The molecule has 8 nitrogen and oxygen atoms in total. The highest BCUT2D eigenvalue weighted by Crippen LogP contribution is 2.26. The number of nitrogens with one attached hydrogen (secondary N) is 1. The average Bonchev–Trinajstić information content (AvgIpc) is 2.97. The van der Waals surface area contributed by atoms with Crippen LogP contribution in [-0.2, 0) is 10.2 Å². The number of nitrogens with two attached hydrogens (primary N) is 1. The largest absolute Gasteiger partial charge is 0.484 e. The van der Waals surface area contributed by atoms with Gasteiger partial charge in [0.1, 0.15) is 11.8 Å². The number of aromatic nitrogens is 1. The van der Waals surface area contributed by atoms with Gasteiger partial charge in [0, 0.05) is 5.41 Å². The van der Waals surface area contributed by atoms with Crippen LogP contribution in [0.2, 0.25) is 0 Å². The Bertz CT molecular complexity index is 810. The predicted octanol–water partition coefficient (Wildman–Crippen LogP) is 2.15. The second kappa shape index (κ2) is 7.49. The lowest BCUT2D eigenvalue weighted by Crippen LogP contribution is -2.19. The summed E-state index contributed by atoms with van der Waals surface area (Å²) in [6.45, 7) is 5.65. The number of carbonyl (C=O) groups is 1. The van der Waals surface area contributed by atoms with Crippen LogP contribution in [0, 0.1) is 11.3 Å². The Morgan fingerprint density at radius 2 is 2.12 bits per heavy atom. The fourth-order valence-electron chi connectivity index (χ4n) is 1.76. The van der Waals surface area contributed by atoms with Crippen LogP contribution in [0.5, 0.6) is 5.75 Å². The maximum absolute atomic E-state index is 10.7. The molecular formula is C17H19N5O3. The standard InChI is InChI=1S/C17H19N5O3/c1-17(2,3)16-21-13(8-18)15(25-16)22-20-9-11-4-6-12(7-5-11)24-10-14(19)23/h4-7,9,22H,10H2,1-3H3,(H2,19,23)/b20-9+. The van der Waals surface area contributed by atoms with Crippen LogP contribution in [0.15, 0.2) is 33.8 Å². The lowest BCUT2D eigenvalue weighted by molar-refractivity contribution is -0.119. The Balaban J connectivity index is 2.02. The van der Waals surface area contributed by atoms with Gasteiger partial charge in [0.2, 0.25) is 11.6 Å². The quantitative estimate of drug-likeness (QED) is 0.612. The van der Waals surface area contributed by atoms with E-state index in [-0.39, 0.29) is 23.6 Å². The molecular weight excluding hydrogens is 322 g/mol. The van der Waals surface area contributed by atoms with E-state index < -0.39 is 5.91 Å². The number of hydrogen-bond acceptors (Lipinski definition) is 7. The number of oxazole rings is 1. The Hall–Kier alpha value is -3.34. The van der Waals surface area contributed by atoms with Crippen LogP contribution in [-0.4, -0.2) is 23.7 Å². The lowest BCUT2D eigenvalue weighted by Gasteiger charge is -2.11. The second-order valence-corrected chi connectivity index (χ2v) is 6.25. The molecule has 2 aromatic rings. The van der Waals surface area contributed by atoms with Crippen molar-refractivity contribution in [2.45, 2.75) is 26.2 Å². The Kier molecular flexibility index (Phi) is 5.39. The molecule has 130 valence electrons. The maximum Gasteiger partial charge on any atom is 0.255 e. The molecule has 0 bridgehead atoms. The second-order valence-electron chi connectivity index (χ2n) is 6.25. The van der Waals surface area contributed by atoms with E-state index in [1.165, 1.54) is 0 Å². The molecule has 0 atom stereocenters. The zero-order valence-electron chi connectivity index (χ0n) is 14.2. The number of anilines is 1. The zero-order valence-corrected chi connectivity index (χ0v) is 14.2. The third kappa shape index (κ3) is 5.07. The molecule has 0 spiro atoms. The number of ether oxygens (including phenoxy) is 1. The number of primary amides is 1. The number of hydrogen-bond donors (Lipinski definition) is 2. The van der Waals surface area contributed by atoms with Gasteiger partial charge in [-0.05, 0) is 29.8 Å². The number of hydrazone groups is 1. The number of amides is 1. The van der Waals surface area contributed by atoms with Gasteiger partial charge < -0.3 is 14.9 Å². The molecule has 0 unspecified atom stereocenters. The number of nitrogens with zero attached hydrogens (tertiary/aromatic N) is 3. The van der Waals surface area contributed by atoms with E-state index in [1.54, 1.807) is 30.5 Å². The molecule has 0 aliphatic heterocycles. The van der Waals surface area contributed by atoms with E-state index in [2.05, 4.69) is 15.5 Å². The molecule has 2 rings (SSSR count). The van der Waals surface area contributed by atoms with E-state index >= 15 is 0 Å². The molecule has 8 heteroatoms. The van der Waals surface area contributed by atoms with E-state index in [0.29, 0.717) is 11.6 Å². The Morgan fingerprint density at radius 3 is 2.68 bits per heavy atom. The van der Waals surface area contributed by atoms with Crippen molar-refractivity contribution in [1.82, 2.24) is 4.98 Å². The van der Waals surface area contributed by atoms with Crippen LogP contribution < -0.4 is 15.9 Å². The minimum atomic E-state index is -0.537. The summed E-state index contributed by atoms with van der Waals surface area (Å²) in [4.78, 5) is 14.8. The lowest BCUT2D eigenvalue weighted by atomic mass is 9.97. The smallest absolute Gasteiger partial charge is 0.255 e. The fraction of sp³-hybridized carbons (Fsp3) is 0.294. The highest BCUT2D eigenvalue weighted by molar-refractivity contribution is 5.80. The molecule has 0 saturated heterocycles. The molecule has 1 heterocycles. The maximum atomic E-state index is 10.7. The summed E-state index contributed by atoms with van der Waals surface area (Å²) < 4.78 is 10.7. The fourth-order valence-corrected chi connectivity index (χ4v) is 1.76. The average molecular weight is 341 g/mol. The molecule has 1 aromatic heterocycles. The third-order valence-corrected chi connectivity index (χ3v) is 3.02. The van der Waals surface area contributed by atoms with Gasteiger partial charge in [-0.1, -0.05) is 20.8 Å². The molecule has 1 amide bonds. The number of carbonyl (C=O) groups excluding carboxylic acids is 1. The highest BCUT2D eigenvalue weighted by atomic mass is 16.5. The first-order chi connectivity index (χ1) is 11.8. The van der Waals surface area contributed by atoms with E-state index in [4.69, 9.17) is 20.1 Å². The number of nitriles is 1. The molecule has 0 aliphatic carbocycles. The van der Waals surface area contributed by atoms with Gasteiger partial charge in [0.25, 0.3) is 11.8 Å². The van der Waals surface area contributed by atoms with Crippen molar-refractivity contribution in [3.63, 3.8) is 0 Å². The molecule has 0 aliphatic rings. The minimum absolute atomic E-state index is 0.150. The first-order valence-corrected chi connectivity index (χ1v) is 7.51. The van der Waals surface area contributed by atoms with Crippen molar-refractivity contribution in [2.24, 2.45) is 10.8 Å². The number of benzene rings is 1. The summed E-state index contributed by atoms with van der Waals surface area (Å²) in [5, 5.41) is 13.2. The third-order valence-electron chi connectivity index (χ3n) is 3.02. The van der Waals surface area contributed by atoms with Gasteiger partial charge in [0.05, 0.1) is 6.21 Å². The van der Waals surface area contributed by atoms with Gasteiger partial charge in [-0.25, -0.2) is 5.43 Å². The molecule has 0 saturated carbocycles. The van der Waals surface area contributed by atoms with Crippen molar-refractivity contribution < 1.29 is 13.9 Å². The van der Waals surface area contributed by atoms with Crippen molar-refractivity contribution in [3.8, 4) is 11.8 Å². The topological polar surface area (TPSA) is 127 Å². The monoisotopic (exact) mass is 341 g/mol. The van der Waals surface area contributed by atoms with Gasteiger partial charge in [0.15, 0.2) is 6.61 Å². The van der Waals surface area contributed by atoms with E-state index in [0.717, 1.165) is 5.56 Å². The summed E-state index contributed by atoms with van der Waals surface area (Å²) >= 11 is 0. The van der Waals surface area contributed by atoms with Crippen LogP contribution >= 0.6 is 0 Å². The van der Waals surface area contributed by atoms with Crippen LogP contribution in [0.3, 0.4) is 0 Å². The summed E-state index contributed by atoms with van der Waals surface area (Å²) in [6, 6.07) is 8.87. The Morgan fingerprint density at radius 1 is 1.44 bits per heavy atom. The SMILES string of the molecule is CC(C)(C)c1nc(C#N)c(N/N=C/c2ccc(OCC(N)=O)cc2)o1. The molecule has 1 aromatic carbocycles. The zero-order chi connectivity index (χ0) is 18.4. The molecule has 25 heavy (non-hydrogen) atoms. The first-order valence-electron chi connectivity index (χ1n) is 7.51. The van der Waals surface area contributed by atoms with Crippen LogP contribution in [0.1, 0.15) is 37.9 Å². The summed E-state index contributed by atoms with van der Waals surface area (Å²) in [6.07, 6.45) is 1.55. The first kappa shape index (κ1) is 18.0. The summed E-state index contributed by atoms with van der Waals surface area (Å²) in [5.41, 5.74) is 8.32. The van der Waals surface area contributed by atoms with Gasteiger partial charge in [-0.15, -0.1) is 0 Å². The predicted molar refractivity (Wildman–Crippen MR) is 92.3 cm³/mol. The number of rotatable bonds is 6. The normalized spacial score (nSPS) is 11.3. The van der Waals surface area contributed by atoms with Crippen LogP contribution in [0.25, 0.3) is 0 Å². The van der Waals surface area contributed by atoms with Crippen molar-refractivity contribution in [3.05, 3.63) is 41.4 Å². The molecule has 0 fully saturated rings. The Labute approximate surface area is 145 Å². The van der Waals surface area contributed by atoms with Crippen molar-refractivity contribution in [1.29, 1.82) is 5.26 Å². The van der Waals surface area contributed by atoms with Gasteiger partial charge >= 0.3 is 0 Å². The highest BCUT2D eigenvalue weighted by Gasteiger charge is 2.23. The van der Waals surface area contributed by atoms with Crippen molar-refractivity contribution in [2.75, 3.05) is 12.0 Å². The molecule has 0 radical (unpaired) electrons. The molecule has 3 N–H and O–H groups in total. The summed E-state index contributed by atoms with van der Waals surface area (Å²) in [5.74, 6) is 0.647. The van der Waals surface area contributed by atoms with Crippen molar-refractivity contribution >= 4 is 18.0 Å². The van der Waals surface area contributed by atoms with E-state index in [9.17, 15) is 4.79 Å². The summed E-state index contributed by atoms with van der Waals surface area (Å²) in [7, 11) is 0. The minimum Gasteiger partial charge on any atom is -0.484 e. The van der Waals surface area contributed by atoms with Gasteiger partial charge in [-0.3, -0.25) is 4.79 Å². The van der Waals surface area contributed by atoms with E-state index in [1.807, 2.05) is 26.8 Å².